The number of esters is 1. The summed E-state index contributed by atoms with van der Waals surface area (Å²) in [4.78, 5) is 23.3. The highest BCUT2D eigenvalue weighted by atomic mass is 16.5. The molecule has 2 rings (SSSR count). The minimum atomic E-state index is -1.15. The Morgan fingerprint density at radius 2 is 1.70 bits per heavy atom. The van der Waals surface area contributed by atoms with Crippen molar-refractivity contribution in [3.05, 3.63) is 59.2 Å². The summed E-state index contributed by atoms with van der Waals surface area (Å²) in [6.07, 6.45) is 0. The summed E-state index contributed by atoms with van der Waals surface area (Å²) >= 11 is 0. The molecular formula is C16H14O4. The van der Waals surface area contributed by atoms with Crippen LogP contribution in [-0.4, -0.2) is 24.2 Å². The second kappa shape index (κ2) is 5.57. The van der Waals surface area contributed by atoms with Gasteiger partial charge in [-0.25, -0.2) is 9.59 Å². The van der Waals surface area contributed by atoms with E-state index in [1.165, 1.54) is 13.2 Å². The molecule has 0 atom stereocenters. The highest BCUT2D eigenvalue weighted by Gasteiger charge is 2.23. The molecule has 4 heteroatoms. The number of carboxylic acids is 1. The molecule has 0 heterocycles. The Labute approximate surface area is 116 Å². The van der Waals surface area contributed by atoms with Crippen LogP contribution in [0.5, 0.6) is 0 Å². The fourth-order valence-electron chi connectivity index (χ4n) is 2.18. The maximum absolute atomic E-state index is 12.0. The molecule has 0 saturated heterocycles. The summed E-state index contributed by atoms with van der Waals surface area (Å²) in [5, 5.41) is 9.26. The summed E-state index contributed by atoms with van der Waals surface area (Å²) in [5.41, 5.74) is 2.24. The zero-order valence-electron chi connectivity index (χ0n) is 11.2. The van der Waals surface area contributed by atoms with Gasteiger partial charge in [-0.3, -0.25) is 0 Å². The van der Waals surface area contributed by atoms with Gasteiger partial charge in [0.25, 0.3) is 0 Å². The third-order valence-corrected chi connectivity index (χ3v) is 3.10. The predicted octanol–water partition coefficient (Wildman–Crippen LogP) is 3.15. The molecule has 1 N–H and O–H groups in total. The Kier molecular flexibility index (Phi) is 3.84. The molecule has 0 fully saturated rings. The summed E-state index contributed by atoms with van der Waals surface area (Å²) in [6, 6.07) is 12.3. The van der Waals surface area contributed by atoms with E-state index in [0.29, 0.717) is 5.56 Å². The maximum atomic E-state index is 12.0. The highest BCUT2D eigenvalue weighted by Crippen LogP contribution is 2.30. The molecule has 0 aliphatic rings. The molecule has 0 unspecified atom stereocenters. The van der Waals surface area contributed by atoms with Gasteiger partial charge in [0.2, 0.25) is 0 Å². The minimum absolute atomic E-state index is 0.0543. The van der Waals surface area contributed by atoms with Gasteiger partial charge < -0.3 is 9.84 Å². The second-order valence-corrected chi connectivity index (χ2v) is 4.34. The third-order valence-electron chi connectivity index (χ3n) is 3.10. The zero-order valence-corrected chi connectivity index (χ0v) is 11.2. The number of hydrogen-bond acceptors (Lipinski definition) is 3. The van der Waals surface area contributed by atoms with Crippen molar-refractivity contribution in [1.82, 2.24) is 0 Å². The zero-order chi connectivity index (χ0) is 14.7. The van der Waals surface area contributed by atoms with Crippen molar-refractivity contribution in [2.45, 2.75) is 6.92 Å². The lowest BCUT2D eigenvalue weighted by Gasteiger charge is -2.14. The van der Waals surface area contributed by atoms with Gasteiger partial charge >= 0.3 is 11.9 Å². The quantitative estimate of drug-likeness (QED) is 0.870. The van der Waals surface area contributed by atoms with Crippen LogP contribution in [0.1, 0.15) is 26.3 Å². The lowest BCUT2D eigenvalue weighted by atomic mass is 9.91. The Morgan fingerprint density at radius 3 is 2.25 bits per heavy atom. The Morgan fingerprint density at radius 1 is 1.05 bits per heavy atom. The van der Waals surface area contributed by atoms with Gasteiger partial charge in [0, 0.05) is 0 Å². The van der Waals surface area contributed by atoms with Gasteiger partial charge in [-0.2, -0.15) is 0 Å². The van der Waals surface area contributed by atoms with Crippen molar-refractivity contribution < 1.29 is 19.4 Å². The van der Waals surface area contributed by atoms with Crippen LogP contribution in [-0.2, 0) is 4.74 Å². The molecule has 2 aromatic carbocycles. The second-order valence-electron chi connectivity index (χ2n) is 4.34. The lowest BCUT2D eigenvalue weighted by Crippen LogP contribution is -2.12. The van der Waals surface area contributed by atoms with E-state index in [4.69, 9.17) is 4.74 Å². The van der Waals surface area contributed by atoms with E-state index in [-0.39, 0.29) is 11.1 Å². The molecule has 0 amide bonds. The van der Waals surface area contributed by atoms with E-state index >= 15 is 0 Å². The normalized spacial score (nSPS) is 10.1. The SMILES string of the molecule is COC(=O)c1c(C(=O)O)ccc(C)c1-c1ccccc1. The molecule has 20 heavy (non-hydrogen) atoms. The molecule has 4 nitrogen and oxygen atoms in total. The smallest absolute Gasteiger partial charge is 0.339 e. The molecule has 0 aliphatic heterocycles. The number of hydrogen-bond donors (Lipinski definition) is 1. The van der Waals surface area contributed by atoms with E-state index in [2.05, 4.69) is 0 Å². The number of ether oxygens (including phenoxy) is 1. The van der Waals surface area contributed by atoms with Crippen molar-refractivity contribution >= 4 is 11.9 Å². The molecule has 0 aromatic heterocycles. The van der Waals surface area contributed by atoms with Crippen molar-refractivity contribution in [3.63, 3.8) is 0 Å². The number of aromatic carboxylic acids is 1. The average Bonchev–Trinajstić information content (AvgIpc) is 2.46. The topological polar surface area (TPSA) is 63.6 Å². The molecule has 0 saturated carbocycles. The molecule has 0 radical (unpaired) electrons. The maximum Gasteiger partial charge on any atom is 0.339 e. The minimum Gasteiger partial charge on any atom is -0.478 e. The van der Waals surface area contributed by atoms with Gasteiger partial charge in [-0.15, -0.1) is 0 Å². The van der Waals surface area contributed by atoms with Crippen molar-refractivity contribution in [2.24, 2.45) is 0 Å². The summed E-state index contributed by atoms with van der Waals surface area (Å²) in [6.45, 7) is 1.83. The first-order valence-corrected chi connectivity index (χ1v) is 6.07. The fraction of sp³-hybridized carbons (Fsp3) is 0.125. The van der Waals surface area contributed by atoms with Crippen LogP contribution in [0.25, 0.3) is 11.1 Å². The van der Waals surface area contributed by atoms with Crippen LogP contribution in [0.4, 0.5) is 0 Å². The van der Waals surface area contributed by atoms with Crippen LogP contribution >= 0.6 is 0 Å². The predicted molar refractivity (Wildman–Crippen MR) is 74.9 cm³/mol. The summed E-state index contributed by atoms with van der Waals surface area (Å²) in [5.74, 6) is -1.80. The van der Waals surface area contributed by atoms with Gasteiger partial charge in [-0.1, -0.05) is 36.4 Å². The van der Waals surface area contributed by atoms with Crippen LogP contribution in [0.2, 0.25) is 0 Å². The number of benzene rings is 2. The Hall–Kier alpha value is -2.62. The summed E-state index contributed by atoms with van der Waals surface area (Å²) < 4.78 is 4.74. The standard InChI is InChI=1S/C16H14O4/c1-10-8-9-12(15(17)18)14(16(19)20-2)13(10)11-6-4-3-5-7-11/h3-9H,1-2H3,(H,17,18). The first kappa shape index (κ1) is 13.8. The van der Waals surface area contributed by atoms with E-state index in [0.717, 1.165) is 11.1 Å². The molecule has 0 spiro atoms. The first-order valence-electron chi connectivity index (χ1n) is 6.07. The number of carbonyl (C=O) groups excluding carboxylic acids is 1. The van der Waals surface area contributed by atoms with Crippen LogP contribution in [0, 0.1) is 6.92 Å². The summed E-state index contributed by atoms with van der Waals surface area (Å²) in [7, 11) is 1.24. The molecular weight excluding hydrogens is 256 g/mol. The number of methoxy groups -OCH3 is 1. The highest BCUT2D eigenvalue weighted by molar-refractivity contribution is 6.07. The molecule has 0 bridgehead atoms. The van der Waals surface area contributed by atoms with Gasteiger partial charge in [0.05, 0.1) is 18.2 Å². The third kappa shape index (κ3) is 2.40. The van der Waals surface area contributed by atoms with Gasteiger partial charge in [0.1, 0.15) is 0 Å². The van der Waals surface area contributed by atoms with E-state index in [1.807, 2.05) is 37.3 Å². The number of carbonyl (C=O) groups is 2. The van der Waals surface area contributed by atoms with E-state index in [9.17, 15) is 14.7 Å². The average molecular weight is 270 g/mol. The Bertz CT molecular complexity index is 660. The molecule has 0 aliphatic carbocycles. The number of carboxylic acid groups (broad SMARTS) is 1. The van der Waals surface area contributed by atoms with Crippen molar-refractivity contribution in [3.8, 4) is 11.1 Å². The fourth-order valence-corrected chi connectivity index (χ4v) is 2.18. The van der Waals surface area contributed by atoms with Gasteiger partial charge in [-0.05, 0) is 29.7 Å². The van der Waals surface area contributed by atoms with E-state index in [1.54, 1.807) is 6.07 Å². The monoisotopic (exact) mass is 270 g/mol. The molecule has 102 valence electrons. The molecule has 2 aromatic rings. The lowest BCUT2D eigenvalue weighted by molar-refractivity contribution is 0.0583. The largest absolute Gasteiger partial charge is 0.478 e. The first-order chi connectivity index (χ1) is 9.56. The number of aryl methyl sites for hydroxylation is 1. The number of rotatable bonds is 3. The van der Waals surface area contributed by atoms with Gasteiger partial charge in [0.15, 0.2) is 0 Å². The van der Waals surface area contributed by atoms with Crippen molar-refractivity contribution in [1.29, 1.82) is 0 Å². The van der Waals surface area contributed by atoms with Crippen LogP contribution in [0.3, 0.4) is 0 Å². The van der Waals surface area contributed by atoms with Crippen LogP contribution < -0.4 is 0 Å². The van der Waals surface area contributed by atoms with Crippen molar-refractivity contribution in [2.75, 3.05) is 7.11 Å². The van der Waals surface area contributed by atoms with E-state index < -0.39 is 11.9 Å². The van der Waals surface area contributed by atoms with Crippen LogP contribution in [0.15, 0.2) is 42.5 Å². The Balaban J connectivity index is 2.81.